The zero-order valence-electron chi connectivity index (χ0n) is 17.2. The molecule has 0 saturated carbocycles. The summed E-state index contributed by atoms with van der Waals surface area (Å²) in [5.74, 6) is 0.845. The Labute approximate surface area is 164 Å². The van der Waals surface area contributed by atoms with E-state index in [-0.39, 0.29) is 12.0 Å². The van der Waals surface area contributed by atoms with Gasteiger partial charge in [0.15, 0.2) is 0 Å². The van der Waals surface area contributed by atoms with Crippen molar-refractivity contribution >= 4 is 5.97 Å². The summed E-state index contributed by atoms with van der Waals surface area (Å²) in [4.78, 5) is 11.6. The summed E-state index contributed by atoms with van der Waals surface area (Å²) >= 11 is 0. The molecular formula is C23H33NO3. The SMILES string of the molecule is C=C(/C=C\C(=C/C)C(C)CC)NC(C)CCOc1cccc(C(=O)OC)c1. The van der Waals surface area contributed by atoms with Gasteiger partial charge in [-0.2, -0.15) is 0 Å². The second kappa shape index (κ2) is 12.0. The molecular weight excluding hydrogens is 338 g/mol. The molecule has 1 aromatic rings. The van der Waals surface area contributed by atoms with Gasteiger partial charge in [0.05, 0.1) is 19.3 Å². The van der Waals surface area contributed by atoms with Crippen LogP contribution in [0, 0.1) is 5.92 Å². The van der Waals surface area contributed by atoms with Gasteiger partial charge in [-0.25, -0.2) is 4.79 Å². The van der Waals surface area contributed by atoms with Gasteiger partial charge in [0.1, 0.15) is 5.75 Å². The van der Waals surface area contributed by atoms with Crippen LogP contribution in [0.15, 0.2) is 60.3 Å². The lowest BCUT2D eigenvalue weighted by molar-refractivity contribution is 0.0600. The van der Waals surface area contributed by atoms with E-state index in [1.54, 1.807) is 18.2 Å². The maximum Gasteiger partial charge on any atom is 0.337 e. The molecule has 0 amide bonds. The number of benzene rings is 1. The fraction of sp³-hybridized carbons (Fsp3) is 0.435. The van der Waals surface area contributed by atoms with Crippen LogP contribution in [0.25, 0.3) is 0 Å². The summed E-state index contributed by atoms with van der Waals surface area (Å²) < 4.78 is 10.5. The van der Waals surface area contributed by atoms with Crippen LogP contribution >= 0.6 is 0 Å². The quantitative estimate of drug-likeness (QED) is 0.424. The van der Waals surface area contributed by atoms with Crippen LogP contribution in [0.5, 0.6) is 5.75 Å². The highest BCUT2D eigenvalue weighted by molar-refractivity contribution is 5.89. The highest BCUT2D eigenvalue weighted by Gasteiger charge is 2.07. The number of esters is 1. The Morgan fingerprint density at radius 1 is 1.30 bits per heavy atom. The Bertz CT molecular complexity index is 676. The van der Waals surface area contributed by atoms with E-state index in [1.807, 2.05) is 12.1 Å². The van der Waals surface area contributed by atoms with Crippen molar-refractivity contribution in [1.29, 1.82) is 0 Å². The van der Waals surface area contributed by atoms with Gasteiger partial charge in [0.2, 0.25) is 0 Å². The van der Waals surface area contributed by atoms with Crippen molar-refractivity contribution < 1.29 is 14.3 Å². The fourth-order valence-electron chi connectivity index (χ4n) is 2.60. The zero-order valence-corrected chi connectivity index (χ0v) is 17.2. The van der Waals surface area contributed by atoms with Crippen LogP contribution in [0.1, 0.15) is 50.9 Å². The van der Waals surface area contributed by atoms with Gasteiger partial charge in [0.25, 0.3) is 0 Å². The second-order valence-corrected chi connectivity index (χ2v) is 6.66. The number of carbonyl (C=O) groups is 1. The molecule has 0 aliphatic carbocycles. The van der Waals surface area contributed by atoms with Crippen LogP contribution in [-0.2, 0) is 4.74 Å². The molecule has 1 N–H and O–H groups in total. The molecule has 1 aromatic carbocycles. The van der Waals surface area contributed by atoms with E-state index in [0.29, 0.717) is 23.8 Å². The molecule has 0 radical (unpaired) electrons. The number of ether oxygens (including phenoxy) is 2. The molecule has 0 spiro atoms. The number of methoxy groups -OCH3 is 1. The summed E-state index contributed by atoms with van der Waals surface area (Å²) in [6.07, 6.45) is 8.24. The van der Waals surface area contributed by atoms with Gasteiger partial charge in [-0.3, -0.25) is 0 Å². The van der Waals surface area contributed by atoms with Crippen molar-refractivity contribution in [3.63, 3.8) is 0 Å². The van der Waals surface area contributed by atoms with Crippen molar-refractivity contribution in [2.45, 2.75) is 46.6 Å². The van der Waals surface area contributed by atoms with Gasteiger partial charge < -0.3 is 14.8 Å². The first-order valence-electron chi connectivity index (χ1n) is 9.52. The zero-order chi connectivity index (χ0) is 20.2. The highest BCUT2D eigenvalue weighted by atomic mass is 16.5. The van der Waals surface area contributed by atoms with Crippen LogP contribution in [0.3, 0.4) is 0 Å². The second-order valence-electron chi connectivity index (χ2n) is 6.66. The predicted octanol–water partition coefficient (Wildman–Crippen LogP) is 5.28. The third-order valence-electron chi connectivity index (χ3n) is 4.50. The average Bonchev–Trinajstić information content (AvgIpc) is 2.67. The summed E-state index contributed by atoms with van der Waals surface area (Å²) in [6.45, 7) is 13.2. The van der Waals surface area contributed by atoms with E-state index in [9.17, 15) is 4.79 Å². The Hall–Kier alpha value is -2.49. The molecule has 0 bridgehead atoms. The minimum absolute atomic E-state index is 0.226. The molecule has 0 aromatic heterocycles. The normalized spacial score (nSPS) is 13.9. The monoisotopic (exact) mass is 371 g/mol. The fourth-order valence-corrected chi connectivity index (χ4v) is 2.60. The third kappa shape index (κ3) is 8.16. The van der Waals surface area contributed by atoms with Crippen molar-refractivity contribution in [1.82, 2.24) is 5.32 Å². The van der Waals surface area contributed by atoms with Gasteiger partial charge in [-0.15, -0.1) is 0 Å². The number of allylic oxidation sites excluding steroid dienone is 4. The minimum atomic E-state index is -0.364. The number of nitrogens with one attached hydrogen (secondary N) is 1. The van der Waals surface area contributed by atoms with Gasteiger partial charge >= 0.3 is 5.97 Å². The molecule has 2 atom stereocenters. The molecule has 0 saturated heterocycles. The highest BCUT2D eigenvalue weighted by Crippen LogP contribution is 2.16. The Balaban J connectivity index is 2.44. The van der Waals surface area contributed by atoms with Crippen LogP contribution in [0.4, 0.5) is 0 Å². The molecule has 148 valence electrons. The summed E-state index contributed by atoms with van der Waals surface area (Å²) in [5.41, 5.74) is 2.69. The lowest BCUT2D eigenvalue weighted by Crippen LogP contribution is -2.26. The van der Waals surface area contributed by atoms with E-state index in [4.69, 9.17) is 9.47 Å². The molecule has 0 heterocycles. The molecule has 2 unspecified atom stereocenters. The predicted molar refractivity (Wildman–Crippen MR) is 112 cm³/mol. The Kier molecular flexibility index (Phi) is 10.0. The van der Waals surface area contributed by atoms with Crippen molar-refractivity contribution in [2.75, 3.05) is 13.7 Å². The Morgan fingerprint density at radius 3 is 2.67 bits per heavy atom. The third-order valence-corrected chi connectivity index (χ3v) is 4.50. The Morgan fingerprint density at radius 2 is 2.04 bits per heavy atom. The molecule has 27 heavy (non-hydrogen) atoms. The molecule has 0 fully saturated rings. The first kappa shape index (κ1) is 22.6. The number of rotatable bonds is 11. The van der Waals surface area contributed by atoms with Crippen LogP contribution < -0.4 is 10.1 Å². The average molecular weight is 372 g/mol. The van der Waals surface area contributed by atoms with E-state index in [0.717, 1.165) is 18.5 Å². The maximum absolute atomic E-state index is 11.6. The van der Waals surface area contributed by atoms with E-state index in [2.05, 4.69) is 51.7 Å². The molecule has 0 aliphatic heterocycles. The largest absolute Gasteiger partial charge is 0.493 e. The standard InChI is InChI=1S/C23H33NO3/c1-7-17(3)20(8-2)13-12-18(4)24-19(5)14-15-27-22-11-9-10-21(16-22)23(25)26-6/h8-13,16-17,19,24H,4,7,14-15H2,1-3,5-6H3/b13-12-,20-8+. The lowest BCUT2D eigenvalue weighted by Gasteiger charge is -2.16. The minimum Gasteiger partial charge on any atom is -0.493 e. The number of hydrogen-bond acceptors (Lipinski definition) is 4. The summed E-state index contributed by atoms with van der Waals surface area (Å²) in [6, 6.07) is 7.24. The van der Waals surface area contributed by atoms with Gasteiger partial charge in [-0.05, 0) is 56.0 Å². The molecule has 0 aliphatic rings. The summed E-state index contributed by atoms with van der Waals surface area (Å²) in [7, 11) is 1.37. The van der Waals surface area contributed by atoms with Crippen molar-refractivity contribution in [3.05, 3.63) is 65.9 Å². The van der Waals surface area contributed by atoms with E-state index in [1.165, 1.54) is 12.7 Å². The smallest absolute Gasteiger partial charge is 0.337 e. The van der Waals surface area contributed by atoms with Gasteiger partial charge in [-0.1, -0.05) is 38.6 Å². The first-order valence-corrected chi connectivity index (χ1v) is 9.52. The van der Waals surface area contributed by atoms with E-state index >= 15 is 0 Å². The summed E-state index contributed by atoms with van der Waals surface area (Å²) in [5, 5.41) is 3.38. The molecule has 4 nitrogen and oxygen atoms in total. The van der Waals surface area contributed by atoms with E-state index < -0.39 is 0 Å². The number of hydrogen-bond donors (Lipinski definition) is 1. The van der Waals surface area contributed by atoms with Crippen molar-refractivity contribution in [3.8, 4) is 5.75 Å². The number of carbonyl (C=O) groups excluding carboxylic acids is 1. The first-order chi connectivity index (χ1) is 12.9. The topological polar surface area (TPSA) is 47.6 Å². The van der Waals surface area contributed by atoms with Crippen LogP contribution in [0.2, 0.25) is 0 Å². The maximum atomic E-state index is 11.6. The molecule has 4 heteroatoms. The molecule has 1 rings (SSSR count). The van der Waals surface area contributed by atoms with Gasteiger partial charge in [0, 0.05) is 18.2 Å². The van der Waals surface area contributed by atoms with Crippen LogP contribution in [-0.4, -0.2) is 25.7 Å². The lowest BCUT2D eigenvalue weighted by atomic mass is 9.98. The van der Waals surface area contributed by atoms with Crippen molar-refractivity contribution in [2.24, 2.45) is 5.92 Å².